The molecule has 0 fully saturated rings. The van der Waals surface area contributed by atoms with E-state index in [0.29, 0.717) is 0 Å². The average molecular weight is 847 g/mol. The minimum atomic E-state index is -4.17. The lowest BCUT2D eigenvalue weighted by atomic mass is 10.2. The van der Waals surface area contributed by atoms with Crippen molar-refractivity contribution < 1.29 is 44.7 Å². The van der Waals surface area contributed by atoms with Gasteiger partial charge in [0.15, 0.2) is 23.0 Å². The molecule has 2 heterocycles. The molecule has 4 aromatic rings. The summed E-state index contributed by atoms with van der Waals surface area (Å²) in [6, 6.07) is 4.47. The molecule has 0 aliphatic carbocycles. The van der Waals surface area contributed by atoms with Crippen molar-refractivity contribution in [1.82, 2.24) is 19.9 Å². The molecule has 0 radical (unpaired) electrons. The highest BCUT2D eigenvalue weighted by Gasteiger charge is 2.30. The van der Waals surface area contributed by atoms with Crippen molar-refractivity contribution in [3.8, 4) is 0 Å². The van der Waals surface area contributed by atoms with Crippen LogP contribution in [0.2, 0.25) is 20.1 Å². The summed E-state index contributed by atoms with van der Waals surface area (Å²) in [5, 5.41) is -0.369. The third kappa shape index (κ3) is 11.0. The van der Waals surface area contributed by atoms with Crippen LogP contribution in [0.15, 0.2) is 49.1 Å². The Hall–Kier alpha value is -3.94. The van der Waals surface area contributed by atoms with Crippen molar-refractivity contribution in [3.05, 3.63) is 103 Å². The quantitative estimate of drug-likeness (QED) is 0.117. The number of benzene rings is 2. The highest BCUT2D eigenvalue weighted by molar-refractivity contribution is 7.92. The third-order valence-corrected chi connectivity index (χ3v) is 10.9. The van der Waals surface area contributed by atoms with Gasteiger partial charge in [-0.3, -0.25) is 9.03 Å². The topological polar surface area (TPSA) is 188 Å². The SMILES string of the molecule is C.CCOC(=O)c1nccnc1N(CC)S(=O)(=O)Cc1c(F)ccc(Cl)c1Cl.COC(=O)c1nccnc1NS(=O)(=O)Cc1c(F)ccc(Cl)c1Cl. The van der Waals surface area contributed by atoms with Crippen LogP contribution in [0.3, 0.4) is 0 Å². The van der Waals surface area contributed by atoms with E-state index < -0.39 is 55.1 Å². The summed E-state index contributed by atoms with van der Waals surface area (Å²) in [7, 11) is -7.22. The molecule has 0 saturated carbocycles. The molecule has 14 nitrogen and oxygen atoms in total. The molecule has 0 amide bonds. The van der Waals surface area contributed by atoms with E-state index in [-0.39, 0.29) is 74.8 Å². The lowest BCUT2D eigenvalue weighted by molar-refractivity contribution is 0.0519. The number of esters is 2. The predicted molar refractivity (Wildman–Crippen MR) is 193 cm³/mol. The van der Waals surface area contributed by atoms with E-state index >= 15 is 0 Å². The highest BCUT2D eigenvalue weighted by Crippen LogP contribution is 2.32. The molecule has 1 N–H and O–H groups in total. The van der Waals surface area contributed by atoms with E-state index in [1.165, 1.54) is 43.8 Å². The lowest BCUT2D eigenvalue weighted by Gasteiger charge is -2.23. The number of carbonyl (C=O) groups excluding carboxylic acids is 2. The lowest BCUT2D eigenvalue weighted by Crippen LogP contribution is -2.34. The van der Waals surface area contributed by atoms with Crippen LogP contribution in [0.25, 0.3) is 0 Å². The maximum absolute atomic E-state index is 14.1. The maximum Gasteiger partial charge on any atom is 0.360 e. The molecule has 0 atom stereocenters. The Balaban J connectivity index is 0.000000356. The summed E-state index contributed by atoms with van der Waals surface area (Å²) in [6.07, 6.45) is 4.85. The van der Waals surface area contributed by atoms with Gasteiger partial charge in [-0.15, -0.1) is 0 Å². The Kier molecular flexibility index (Phi) is 16.4. The van der Waals surface area contributed by atoms with Gasteiger partial charge in [0, 0.05) is 42.5 Å². The zero-order chi connectivity index (χ0) is 38.1. The fourth-order valence-corrected chi connectivity index (χ4v) is 7.75. The zero-order valence-corrected chi connectivity index (χ0v) is 31.2. The summed E-state index contributed by atoms with van der Waals surface area (Å²) in [5.41, 5.74) is -1.17. The van der Waals surface area contributed by atoms with Gasteiger partial charge in [-0.25, -0.2) is 55.1 Å². The summed E-state index contributed by atoms with van der Waals surface area (Å²) < 4.78 is 90.5. The number of hydrogen-bond donors (Lipinski definition) is 1. The molecule has 2 aromatic carbocycles. The molecular formula is C30H30Cl4F2N6O8S2. The molecule has 0 spiro atoms. The first kappa shape index (κ1) is 44.2. The van der Waals surface area contributed by atoms with Crippen molar-refractivity contribution in [3.63, 3.8) is 0 Å². The number of ether oxygens (including phenoxy) is 2. The molecule has 4 rings (SSSR count). The fraction of sp³-hybridized carbons (Fsp3) is 0.267. The molecule has 0 bridgehead atoms. The minimum absolute atomic E-state index is 0. The van der Waals surface area contributed by atoms with Crippen LogP contribution in [0, 0.1) is 11.6 Å². The summed E-state index contributed by atoms with van der Waals surface area (Å²) in [5.74, 6) is -5.48. The molecule has 2 aromatic heterocycles. The van der Waals surface area contributed by atoms with Crippen LogP contribution in [0.4, 0.5) is 20.4 Å². The van der Waals surface area contributed by atoms with Crippen LogP contribution in [0.5, 0.6) is 0 Å². The molecule has 52 heavy (non-hydrogen) atoms. The van der Waals surface area contributed by atoms with E-state index in [1.807, 2.05) is 0 Å². The molecule has 0 unspecified atom stereocenters. The standard InChI is InChI=1S/C16H16Cl2FN3O4S.C13H10Cl2FN3O4S.CH4/c1-3-22(15-14(16(23)26-4-2)20-7-8-21-15)27(24,25)9-10-12(19)6-5-11(17)13(10)18;1-23-13(20)11-12(18-5-4-17-11)19-24(21,22)6-7-9(16)3-2-8(14)10(7)15;/h5-8H,3-4,9H2,1-2H3;2-5H,6H2,1H3,(H,18,19);1H4. The smallest absolute Gasteiger partial charge is 0.360 e. The number of carbonyl (C=O) groups is 2. The number of hydrogen-bond acceptors (Lipinski definition) is 12. The first-order valence-corrected chi connectivity index (χ1v) is 18.9. The Bertz CT molecular complexity index is 2150. The zero-order valence-electron chi connectivity index (χ0n) is 26.5. The van der Waals surface area contributed by atoms with E-state index in [9.17, 15) is 35.2 Å². The molecule has 0 aliphatic heterocycles. The normalized spacial score (nSPS) is 11.0. The second-order valence-electron chi connectivity index (χ2n) is 9.62. The van der Waals surface area contributed by atoms with Crippen molar-refractivity contribution in [1.29, 1.82) is 0 Å². The number of halogens is 6. The predicted octanol–water partition coefficient (Wildman–Crippen LogP) is 6.74. The van der Waals surface area contributed by atoms with Gasteiger partial charge in [0.1, 0.15) is 11.6 Å². The number of anilines is 2. The third-order valence-electron chi connectivity index (χ3n) is 6.28. The van der Waals surface area contributed by atoms with Gasteiger partial charge in [0.2, 0.25) is 20.0 Å². The Morgan fingerprint density at radius 2 is 1.27 bits per heavy atom. The Morgan fingerprint density at radius 3 is 1.79 bits per heavy atom. The summed E-state index contributed by atoms with van der Waals surface area (Å²) in [4.78, 5) is 38.9. The van der Waals surface area contributed by atoms with Crippen molar-refractivity contribution in [2.24, 2.45) is 0 Å². The second-order valence-corrected chi connectivity index (χ2v) is 14.8. The molecule has 22 heteroatoms. The Labute approximate surface area is 318 Å². The molecule has 0 saturated heterocycles. The molecular weight excluding hydrogens is 816 g/mol. The average Bonchev–Trinajstić information content (AvgIpc) is 3.09. The van der Waals surface area contributed by atoms with Crippen molar-refractivity contribution in [2.45, 2.75) is 32.8 Å². The number of sulfonamides is 2. The number of aromatic nitrogens is 4. The first-order chi connectivity index (χ1) is 24.0. The Morgan fingerprint density at radius 1 is 0.769 bits per heavy atom. The number of rotatable bonds is 12. The summed E-state index contributed by atoms with van der Waals surface area (Å²) in [6.45, 7) is 3.15. The van der Waals surface area contributed by atoms with Gasteiger partial charge in [0.05, 0.1) is 45.3 Å². The van der Waals surface area contributed by atoms with Crippen LogP contribution in [-0.2, 0) is 41.0 Å². The van der Waals surface area contributed by atoms with Crippen LogP contribution < -0.4 is 9.03 Å². The van der Waals surface area contributed by atoms with Gasteiger partial charge < -0.3 is 9.47 Å². The van der Waals surface area contributed by atoms with Gasteiger partial charge >= 0.3 is 11.9 Å². The van der Waals surface area contributed by atoms with Gasteiger partial charge in [-0.05, 0) is 38.1 Å². The van der Waals surface area contributed by atoms with Crippen molar-refractivity contribution >= 4 is 90.0 Å². The van der Waals surface area contributed by atoms with Gasteiger partial charge in [0.25, 0.3) is 0 Å². The maximum atomic E-state index is 14.1. The van der Waals surface area contributed by atoms with Crippen LogP contribution in [0.1, 0.15) is 53.4 Å². The minimum Gasteiger partial charge on any atom is -0.464 e. The largest absolute Gasteiger partial charge is 0.464 e. The van der Waals surface area contributed by atoms with Crippen LogP contribution in [-0.4, -0.2) is 69.0 Å². The van der Waals surface area contributed by atoms with Gasteiger partial charge in [-0.2, -0.15) is 0 Å². The number of methoxy groups -OCH3 is 1. The van der Waals surface area contributed by atoms with E-state index in [0.717, 1.165) is 23.5 Å². The second kappa shape index (κ2) is 19.2. The fourth-order valence-electron chi connectivity index (χ4n) is 4.03. The summed E-state index contributed by atoms with van der Waals surface area (Å²) >= 11 is 23.4. The van der Waals surface area contributed by atoms with Crippen molar-refractivity contribution in [2.75, 3.05) is 29.3 Å². The molecule has 282 valence electrons. The van der Waals surface area contributed by atoms with E-state index in [2.05, 4.69) is 29.4 Å². The number of nitrogens with zero attached hydrogens (tertiary/aromatic N) is 5. The number of nitrogens with one attached hydrogen (secondary N) is 1. The monoisotopic (exact) mass is 844 g/mol. The van der Waals surface area contributed by atoms with E-state index in [4.69, 9.17) is 51.1 Å². The highest BCUT2D eigenvalue weighted by atomic mass is 35.5. The van der Waals surface area contributed by atoms with Gasteiger partial charge in [-0.1, -0.05) is 53.8 Å². The van der Waals surface area contributed by atoms with Crippen LogP contribution >= 0.6 is 46.4 Å². The molecule has 0 aliphatic rings. The van der Waals surface area contributed by atoms with E-state index in [1.54, 1.807) is 6.92 Å². The first-order valence-electron chi connectivity index (χ1n) is 14.1.